The number of methoxy groups -OCH3 is 1. The minimum atomic E-state index is -1.20. The summed E-state index contributed by atoms with van der Waals surface area (Å²) in [4.78, 5) is 37.7. The second kappa shape index (κ2) is 18.3. The zero-order valence-corrected chi connectivity index (χ0v) is 29.8. The van der Waals surface area contributed by atoms with Crippen LogP contribution in [-0.2, 0) is 25.7 Å². The summed E-state index contributed by atoms with van der Waals surface area (Å²) in [6.45, 7) is 5.75. The number of halogens is 3. The molecule has 0 aliphatic rings. The van der Waals surface area contributed by atoms with E-state index >= 15 is 0 Å². The highest BCUT2D eigenvalue weighted by Crippen LogP contribution is 2.41. The second-order valence-corrected chi connectivity index (χ2v) is 13.9. The van der Waals surface area contributed by atoms with E-state index in [1.807, 2.05) is 55.7 Å². The largest absolute Gasteiger partial charge is 0.469 e. The third-order valence-corrected chi connectivity index (χ3v) is 8.72. The van der Waals surface area contributed by atoms with Crippen LogP contribution in [0.15, 0.2) is 60.8 Å². The quantitative estimate of drug-likeness (QED) is 0.0608. The normalized spacial score (nSPS) is 14.1. The van der Waals surface area contributed by atoms with Crippen LogP contribution in [0.2, 0.25) is 0 Å². The lowest BCUT2D eigenvalue weighted by molar-refractivity contribution is -0.141. The molecule has 268 valence electrons. The minimum Gasteiger partial charge on any atom is -0.469 e. The molecule has 11 nitrogen and oxygen atoms in total. The van der Waals surface area contributed by atoms with E-state index in [1.54, 1.807) is 12.3 Å². The van der Waals surface area contributed by atoms with Crippen molar-refractivity contribution < 1.29 is 38.1 Å². The van der Waals surface area contributed by atoms with Gasteiger partial charge in [0.1, 0.15) is 29.3 Å². The van der Waals surface area contributed by atoms with Crippen molar-refractivity contribution in [1.82, 2.24) is 20.1 Å². The summed E-state index contributed by atoms with van der Waals surface area (Å²) in [6, 6.07) is 13.0. The summed E-state index contributed by atoms with van der Waals surface area (Å²) in [7, 11) is 1.23. The van der Waals surface area contributed by atoms with Crippen LogP contribution >= 0.6 is 15.9 Å². The Morgan fingerprint density at radius 2 is 1.78 bits per heavy atom. The Bertz CT molecular complexity index is 1550. The first-order valence-electron chi connectivity index (χ1n) is 15.9. The molecule has 3 aromatic rings. The molecular formula is C35H46BrF2N5O6. The third-order valence-electron chi connectivity index (χ3n) is 7.98. The molecule has 6 N–H and O–H groups in total. The average molecular weight is 751 g/mol. The topological polar surface area (TPSA) is 159 Å². The standard InChI is InChI=1S/C35H46BrF2N5O6/c1-35(2,3)32(29-16-23(25-17-24(37)10-11-27(25)38)20-42(29)19-22-8-6-5-7-9-22)43(30(45)21-44)15-12-28(39)34(48)41-14-13-40-33(47)26(36)18-31(46)49-4/h5-11,16-17,20,26,28,32,34,41,44,48H,12-15,18-19,21,39H2,1-4H3,(H,40,47)/t26?,28-,32-,34?/m0/s1. The molecule has 0 fully saturated rings. The van der Waals surface area contributed by atoms with Gasteiger partial charge in [0.15, 0.2) is 0 Å². The number of alkyl halides is 1. The van der Waals surface area contributed by atoms with E-state index < -0.39 is 64.6 Å². The summed E-state index contributed by atoms with van der Waals surface area (Å²) in [6.07, 6.45) is 0.524. The summed E-state index contributed by atoms with van der Waals surface area (Å²) < 4.78 is 35.7. The lowest BCUT2D eigenvalue weighted by Crippen LogP contribution is -2.50. The predicted molar refractivity (Wildman–Crippen MR) is 185 cm³/mol. The molecule has 0 aliphatic heterocycles. The molecule has 49 heavy (non-hydrogen) atoms. The number of rotatable bonds is 17. The SMILES string of the molecule is COC(=O)CC(Br)C(=O)NCCNC(O)[C@@H](N)CCN(C(=O)CO)[C@@H](c1cc(-c2cc(F)ccc2F)cn1Cc1ccccc1)C(C)(C)C. The maximum Gasteiger partial charge on any atom is 0.307 e. The number of carbonyl (C=O) groups is 3. The van der Waals surface area contributed by atoms with Crippen molar-refractivity contribution in [2.75, 3.05) is 33.4 Å². The van der Waals surface area contributed by atoms with E-state index in [1.165, 1.54) is 12.0 Å². The van der Waals surface area contributed by atoms with Crippen LogP contribution in [0, 0.1) is 17.0 Å². The van der Waals surface area contributed by atoms with Gasteiger partial charge in [-0.3, -0.25) is 19.7 Å². The van der Waals surface area contributed by atoms with Crippen molar-refractivity contribution in [3.63, 3.8) is 0 Å². The van der Waals surface area contributed by atoms with E-state index in [9.17, 15) is 33.4 Å². The number of nitrogens with zero attached hydrogens (tertiary/aromatic N) is 2. The van der Waals surface area contributed by atoms with Crippen LogP contribution in [0.4, 0.5) is 8.78 Å². The Morgan fingerprint density at radius 3 is 2.41 bits per heavy atom. The van der Waals surface area contributed by atoms with Crippen LogP contribution < -0.4 is 16.4 Å². The van der Waals surface area contributed by atoms with Crippen molar-refractivity contribution in [3.05, 3.63) is 83.7 Å². The smallest absolute Gasteiger partial charge is 0.307 e. The Morgan fingerprint density at radius 1 is 1.08 bits per heavy atom. The second-order valence-electron chi connectivity index (χ2n) is 12.8. The number of nitrogens with one attached hydrogen (secondary N) is 2. The Balaban J connectivity index is 1.83. The molecular weight excluding hydrogens is 704 g/mol. The van der Waals surface area contributed by atoms with Crippen molar-refractivity contribution in [1.29, 1.82) is 0 Å². The number of aliphatic hydroxyl groups is 2. The van der Waals surface area contributed by atoms with E-state index in [2.05, 4.69) is 31.3 Å². The van der Waals surface area contributed by atoms with Crippen molar-refractivity contribution in [2.24, 2.45) is 11.1 Å². The van der Waals surface area contributed by atoms with Crippen LogP contribution in [0.5, 0.6) is 0 Å². The van der Waals surface area contributed by atoms with E-state index in [-0.39, 0.29) is 38.0 Å². The molecule has 1 aromatic heterocycles. The number of aliphatic hydroxyl groups excluding tert-OH is 2. The summed E-state index contributed by atoms with van der Waals surface area (Å²) in [5.41, 5.74) is 7.78. The fraction of sp³-hybridized carbons (Fsp3) is 0.457. The molecule has 0 saturated carbocycles. The fourth-order valence-corrected chi connectivity index (χ4v) is 5.96. The minimum absolute atomic E-state index is 0.0525. The van der Waals surface area contributed by atoms with Gasteiger partial charge in [0.25, 0.3) is 0 Å². The van der Waals surface area contributed by atoms with Gasteiger partial charge in [0.2, 0.25) is 11.8 Å². The van der Waals surface area contributed by atoms with Gasteiger partial charge in [-0.2, -0.15) is 0 Å². The number of nitrogens with two attached hydrogens (primary N) is 1. The maximum absolute atomic E-state index is 15.0. The summed E-state index contributed by atoms with van der Waals surface area (Å²) in [5, 5.41) is 26.2. The lowest BCUT2D eigenvalue weighted by Gasteiger charge is -2.41. The zero-order valence-electron chi connectivity index (χ0n) is 28.2. The van der Waals surface area contributed by atoms with Gasteiger partial charge < -0.3 is 35.5 Å². The molecule has 0 spiro atoms. The number of ether oxygens (including phenoxy) is 1. The van der Waals surface area contributed by atoms with Gasteiger partial charge in [-0.25, -0.2) is 8.78 Å². The van der Waals surface area contributed by atoms with Gasteiger partial charge in [0, 0.05) is 55.2 Å². The van der Waals surface area contributed by atoms with Crippen LogP contribution in [0.1, 0.15) is 50.9 Å². The van der Waals surface area contributed by atoms with Crippen molar-refractivity contribution in [2.45, 2.75) is 63.3 Å². The first-order chi connectivity index (χ1) is 23.2. The van der Waals surface area contributed by atoms with E-state index in [0.29, 0.717) is 17.8 Å². The van der Waals surface area contributed by atoms with E-state index in [0.717, 1.165) is 23.8 Å². The number of hydrogen-bond donors (Lipinski definition) is 5. The maximum atomic E-state index is 15.0. The van der Waals surface area contributed by atoms with Crippen LogP contribution in [0.25, 0.3) is 11.1 Å². The zero-order chi connectivity index (χ0) is 36.3. The van der Waals surface area contributed by atoms with Gasteiger partial charge in [-0.1, -0.05) is 67.0 Å². The molecule has 0 aliphatic carbocycles. The fourth-order valence-electron chi connectivity index (χ4n) is 5.54. The monoisotopic (exact) mass is 749 g/mol. The molecule has 0 bridgehead atoms. The molecule has 2 amide bonds. The van der Waals surface area contributed by atoms with E-state index in [4.69, 9.17) is 5.73 Å². The Kier molecular flexibility index (Phi) is 14.9. The lowest BCUT2D eigenvalue weighted by atomic mass is 9.82. The molecule has 14 heteroatoms. The molecule has 1 heterocycles. The Labute approximate surface area is 293 Å². The highest BCUT2D eigenvalue weighted by Gasteiger charge is 2.37. The van der Waals surface area contributed by atoms with Gasteiger partial charge in [0.05, 0.1) is 19.6 Å². The van der Waals surface area contributed by atoms with Crippen molar-refractivity contribution >= 4 is 33.7 Å². The molecule has 4 atom stereocenters. The van der Waals surface area contributed by atoms with Gasteiger partial charge >= 0.3 is 5.97 Å². The number of hydrogen-bond acceptors (Lipinski definition) is 8. The predicted octanol–water partition coefficient (Wildman–Crippen LogP) is 3.46. The number of esters is 1. The Hall–Kier alpha value is -3.69. The number of aromatic nitrogens is 1. The summed E-state index contributed by atoms with van der Waals surface area (Å²) >= 11 is 3.14. The first-order valence-corrected chi connectivity index (χ1v) is 16.8. The number of carbonyl (C=O) groups excluding carboxylic acids is 3. The number of amides is 2. The molecule has 0 radical (unpaired) electrons. The number of benzene rings is 2. The third kappa shape index (κ3) is 11.4. The molecule has 2 aromatic carbocycles. The molecule has 2 unspecified atom stereocenters. The first kappa shape index (κ1) is 39.7. The highest BCUT2D eigenvalue weighted by atomic mass is 79.9. The van der Waals surface area contributed by atoms with Gasteiger partial charge in [-0.15, -0.1) is 0 Å². The summed E-state index contributed by atoms with van der Waals surface area (Å²) in [5.74, 6) is -2.71. The molecule has 3 rings (SSSR count). The molecule has 0 saturated heterocycles. The van der Waals surface area contributed by atoms with Crippen LogP contribution in [-0.4, -0.2) is 87.9 Å². The highest BCUT2D eigenvalue weighted by molar-refractivity contribution is 9.10. The average Bonchev–Trinajstić information content (AvgIpc) is 3.46. The van der Waals surface area contributed by atoms with Gasteiger partial charge in [-0.05, 0) is 41.7 Å². The van der Waals surface area contributed by atoms with Crippen molar-refractivity contribution in [3.8, 4) is 11.1 Å². The van der Waals surface area contributed by atoms with Crippen LogP contribution in [0.3, 0.4) is 0 Å².